The van der Waals surface area contributed by atoms with Gasteiger partial charge in [0.1, 0.15) is 0 Å². The third-order valence-electron chi connectivity index (χ3n) is 9.11. The topological polar surface area (TPSA) is 0 Å². The fourth-order valence-electron chi connectivity index (χ4n) is 6.55. The van der Waals surface area contributed by atoms with E-state index in [1.54, 1.807) is 17.7 Å². The van der Waals surface area contributed by atoms with E-state index in [1.165, 1.54) is 44.5 Å². The molecule has 0 spiro atoms. The van der Waals surface area contributed by atoms with E-state index in [-0.39, 0.29) is 35.6 Å². The second kappa shape index (κ2) is 13.2. The summed E-state index contributed by atoms with van der Waals surface area (Å²) in [4.78, 5) is 0. The smallest absolute Gasteiger partial charge is 1.00 e. The third-order valence-corrected chi connectivity index (χ3v) is 21.2. The van der Waals surface area contributed by atoms with Gasteiger partial charge in [-0.05, 0) is 0 Å². The zero-order chi connectivity index (χ0) is 29.8. The van der Waals surface area contributed by atoms with Crippen LogP contribution in [0, 0.1) is 13.8 Å². The number of halogens is 2. The van der Waals surface area contributed by atoms with Crippen molar-refractivity contribution in [3.05, 3.63) is 151 Å². The predicted octanol–water partition coefficient (Wildman–Crippen LogP) is 4.71. The summed E-state index contributed by atoms with van der Waals surface area (Å²) in [5.41, 5.74) is 14.5. The van der Waals surface area contributed by atoms with E-state index >= 15 is 0 Å². The SMILES string of the molecule is Cc1ccc([C](c2ccc(C)cc2)=[Hf+2]([C]2=CC=CC2)[CH]2c3ccc(C(C)(C)C)cc3-c3cc(C(C)(C)C)ccc32)cc1.[Cl-].[Cl-]. The molecule has 0 aliphatic heterocycles. The quantitative estimate of drug-likeness (QED) is 0.264. The van der Waals surface area contributed by atoms with Crippen LogP contribution in [-0.2, 0) is 31.8 Å². The van der Waals surface area contributed by atoms with Crippen LogP contribution < -0.4 is 24.8 Å². The summed E-state index contributed by atoms with van der Waals surface area (Å²) < 4.78 is 3.80. The van der Waals surface area contributed by atoms with E-state index in [0.717, 1.165) is 6.42 Å². The zero-order valence-electron chi connectivity index (χ0n) is 27.4. The number of allylic oxidation sites excluding steroid dienone is 4. The molecule has 0 bridgehead atoms. The van der Waals surface area contributed by atoms with E-state index in [0.29, 0.717) is 3.67 Å². The summed E-state index contributed by atoms with van der Waals surface area (Å²) in [6.45, 7) is 18.4. The van der Waals surface area contributed by atoms with Crippen LogP contribution in [0.25, 0.3) is 11.1 Å². The van der Waals surface area contributed by atoms with Crippen molar-refractivity contribution in [3.63, 3.8) is 0 Å². The molecule has 4 aromatic carbocycles. The van der Waals surface area contributed by atoms with Crippen molar-refractivity contribution in [1.29, 1.82) is 0 Å². The fourth-order valence-corrected chi connectivity index (χ4v) is 19.8. The maximum absolute atomic E-state index is 2.89. The number of fused-ring (bicyclic) bond motifs is 3. The van der Waals surface area contributed by atoms with Gasteiger partial charge in [-0.15, -0.1) is 0 Å². The van der Waals surface area contributed by atoms with Crippen LogP contribution >= 0.6 is 0 Å². The van der Waals surface area contributed by atoms with Crippen LogP contribution in [0.15, 0.2) is 106 Å². The number of rotatable bonds is 4. The number of benzene rings is 4. The molecule has 6 rings (SSSR count). The Hall–Kier alpha value is -2.32. The predicted molar refractivity (Wildman–Crippen MR) is 179 cm³/mol. The minimum atomic E-state index is -2.89. The van der Waals surface area contributed by atoms with E-state index < -0.39 is 21.0 Å². The number of hydrogen-bond acceptors (Lipinski definition) is 0. The van der Waals surface area contributed by atoms with Crippen LogP contribution in [0.2, 0.25) is 0 Å². The Kier molecular flexibility index (Phi) is 10.4. The van der Waals surface area contributed by atoms with Gasteiger partial charge in [0.25, 0.3) is 0 Å². The molecule has 2 aliphatic carbocycles. The average Bonchev–Trinajstić information content (AvgIpc) is 3.58. The van der Waals surface area contributed by atoms with Gasteiger partial charge in [-0.2, -0.15) is 0 Å². The molecule has 44 heavy (non-hydrogen) atoms. The Morgan fingerprint density at radius 3 is 1.41 bits per heavy atom. The molecule has 0 unspecified atom stereocenters. The van der Waals surface area contributed by atoms with Gasteiger partial charge in [-0.25, -0.2) is 0 Å². The molecule has 0 aromatic heterocycles. The number of aryl methyl sites for hydroxylation is 2. The Morgan fingerprint density at radius 1 is 0.614 bits per heavy atom. The van der Waals surface area contributed by atoms with E-state index in [1.807, 2.05) is 0 Å². The molecule has 0 N–H and O–H groups in total. The van der Waals surface area contributed by atoms with Gasteiger partial charge in [0.15, 0.2) is 0 Å². The molecular weight excluding hydrogens is 742 g/mol. The number of hydrogen-bond donors (Lipinski definition) is 0. The monoisotopic (exact) mass is 786 g/mol. The average molecular weight is 786 g/mol. The van der Waals surface area contributed by atoms with Crippen molar-refractivity contribution in [3.8, 4) is 11.1 Å². The Labute approximate surface area is 285 Å². The second-order valence-corrected chi connectivity index (χ2v) is 23.5. The van der Waals surface area contributed by atoms with Gasteiger partial charge in [0.2, 0.25) is 0 Å². The van der Waals surface area contributed by atoms with Gasteiger partial charge in [-0.3, -0.25) is 0 Å². The Balaban J connectivity index is 0.00000221. The van der Waals surface area contributed by atoms with Crippen LogP contribution in [0.4, 0.5) is 0 Å². The molecule has 0 atom stereocenters. The summed E-state index contributed by atoms with van der Waals surface area (Å²) in [5.74, 6) is 0. The molecule has 0 radical (unpaired) electrons. The minimum absolute atomic E-state index is 0. The first-order chi connectivity index (χ1) is 19.9. The van der Waals surface area contributed by atoms with Crippen LogP contribution in [0.1, 0.15) is 96.1 Å². The van der Waals surface area contributed by atoms with E-state index in [9.17, 15) is 0 Å². The molecule has 0 nitrogen and oxygen atoms in total. The molecule has 4 aromatic rings. The Bertz CT molecular complexity index is 1640. The molecule has 2 aliphatic rings. The molecular formula is C41H44Cl2Hf. The van der Waals surface area contributed by atoms with E-state index in [4.69, 9.17) is 0 Å². The summed E-state index contributed by atoms with van der Waals surface area (Å²) in [7, 11) is 0. The summed E-state index contributed by atoms with van der Waals surface area (Å²) >= 11 is -2.89. The maximum atomic E-state index is 2.53. The van der Waals surface area contributed by atoms with Crippen LogP contribution in [0.5, 0.6) is 0 Å². The first kappa shape index (κ1) is 34.6. The minimum Gasteiger partial charge on any atom is -1.00 e. The van der Waals surface area contributed by atoms with Gasteiger partial charge in [0, 0.05) is 0 Å². The Morgan fingerprint density at radius 2 is 1.05 bits per heavy atom. The van der Waals surface area contributed by atoms with E-state index in [2.05, 4.69) is 159 Å². The van der Waals surface area contributed by atoms with Crippen LogP contribution in [0.3, 0.4) is 0 Å². The molecule has 0 saturated carbocycles. The molecule has 0 amide bonds. The molecule has 0 heterocycles. The van der Waals surface area contributed by atoms with Crippen molar-refractivity contribution < 1.29 is 45.8 Å². The maximum Gasteiger partial charge on any atom is -1.00 e. The fraction of sp³-hybridized carbons (Fsp3) is 0.293. The van der Waals surface area contributed by atoms with Gasteiger partial charge in [-0.1, -0.05) is 0 Å². The largest absolute Gasteiger partial charge is 1.00 e. The van der Waals surface area contributed by atoms with Crippen molar-refractivity contribution in [1.82, 2.24) is 0 Å². The van der Waals surface area contributed by atoms with Crippen molar-refractivity contribution in [2.24, 2.45) is 0 Å². The normalized spacial score (nSPS) is 13.7. The van der Waals surface area contributed by atoms with Crippen molar-refractivity contribution >= 4 is 3.26 Å². The first-order valence-corrected chi connectivity index (χ1v) is 21.1. The summed E-state index contributed by atoms with van der Waals surface area (Å²) in [6.07, 6.45) is 8.26. The van der Waals surface area contributed by atoms with Gasteiger partial charge < -0.3 is 24.8 Å². The summed E-state index contributed by atoms with van der Waals surface area (Å²) in [6, 6.07) is 33.7. The molecule has 0 saturated heterocycles. The van der Waals surface area contributed by atoms with Gasteiger partial charge in [0.05, 0.1) is 0 Å². The molecule has 3 heteroatoms. The molecule has 226 valence electrons. The summed E-state index contributed by atoms with van der Waals surface area (Å²) in [5, 5.41) is 0. The van der Waals surface area contributed by atoms with Gasteiger partial charge >= 0.3 is 263 Å². The van der Waals surface area contributed by atoms with Crippen molar-refractivity contribution in [2.45, 2.75) is 76.3 Å². The second-order valence-electron chi connectivity index (χ2n) is 14.4. The zero-order valence-corrected chi connectivity index (χ0v) is 32.5. The molecule has 0 fully saturated rings. The van der Waals surface area contributed by atoms with Crippen molar-refractivity contribution in [2.75, 3.05) is 0 Å². The third kappa shape index (κ3) is 6.62. The first-order valence-electron chi connectivity index (χ1n) is 15.5. The standard InChI is InChI=1S/C21H25.C15H14.C5H5.2ClH.Hf/c1-20(2,3)16-9-7-14-11-15-8-10-17(21(4,5)6)13-19(15)18(14)12-16;1-12-3-7-14(8-4-12)11-15-9-5-13(2)6-10-15;1-2-4-5-3-1;;;/h7-13H,1-6H3;3-10H,1-2H3;1-3H,4H2;2*1H;/q;;;;;+2/p-2. The van der Waals surface area contributed by atoms with Crippen LogP contribution in [-0.4, -0.2) is 3.26 Å².